The summed E-state index contributed by atoms with van der Waals surface area (Å²) in [6.07, 6.45) is -2.30. The Morgan fingerprint density at radius 2 is 1.36 bits per heavy atom. The summed E-state index contributed by atoms with van der Waals surface area (Å²) in [4.78, 5) is 12.5. The van der Waals surface area contributed by atoms with E-state index < -0.39 is 17.7 Å². The Bertz CT molecular complexity index is 894. The van der Waals surface area contributed by atoms with Crippen molar-refractivity contribution in [1.29, 1.82) is 0 Å². The minimum atomic E-state index is -4.46. The molecule has 0 aliphatic heterocycles. The molecule has 36 heavy (non-hydrogen) atoms. The number of ether oxygens (including phenoxy) is 5. The molecule has 0 aromatic heterocycles. The van der Waals surface area contributed by atoms with Gasteiger partial charge in [0.15, 0.2) is 0 Å². The predicted molar refractivity (Wildman–Crippen MR) is 130 cm³/mol. The zero-order chi connectivity index (χ0) is 26.1. The first-order chi connectivity index (χ1) is 17.4. The topological polar surface area (TPSA) is 75.2 Å². The van der Waals surface area contributed by atoms with Crippen LogP contribution in [0.25, 0.3) is 0 Å². The quantitative estimate of drug-likeness (QED) is 0.209. The fraction of sp³-hybridized carbons (Fsp3) is 0.500. The van der Waals surface area contributed by atoms with E-state index in [4.69, 9.17) is 23.7 Å². The molecule has 0 atom stereocenters. The van der Waals surface area contributed by atoms with Crippen molar-refractivity contribution in [3.8, 4) is 0 Å². The molecule has 0 spiro atoms. The van der Waals surface area contributed by atoms with Crippen LogP contribution in [-0.2, 0) is 29.9 Å². The van der Waals surface area contributed by atoms with Crippen LogP contribution in [0.1, 0.15) is 35.7 Å². The highest BCUT2D eigenvalue weighted by Crippen LogP contribution is 2.32. The minimum absolute atomic E-state index is 0.0257. The maximum absolute atomic E-state index is 13.0. The van der Waals surface area contributed by atoms with E-state index in [0.29, 0.717) is 45.3 Å². The number of hydrogen-bond acceptors (Lipinski definition) is 7. The smallest absolute Gasteiger partial charge is 0.416 e. The van der Waals surface area contributed by atoms with Crippen LogP contribution in [0.15, 0.2) is 48.5 Å². The summed E-state index contributed by atoms with van der Waals surface area (Å²) < 4.78 is 65.7. The molecule has 0 aliphatic carbocycles. The second-order valence-electron chi connectivity index (χ2n) is 7.69. The molecule has 0 heterocycles. The molecule has 2 aromatic carbocycles. The Kier molecular flexibility index (Phi) is 13.9. The number of rotatable bonds is 18. The molecule has 2 rings (SSSR count). The number of unbranched alkanes of at least 4 members (excludes halogenated alkanes) is 1. The number of esters is 1. The largest absolute Gasteiger partial charge is 0.460 e. The lowest BCUT2D eigenvalue weighted by Gasteiger charge is -2.13. The normalized spacial score (nSPS) is 11.4. The van der Waals surface area contributed by atoms with Gasteiger partial charge >= 0.3 is 12.1 Å². The van der Waals surface area contributed by atoms with Crippen molar-refractivity contribution >= 4 is 17.3 Å². The molecule has 2 aromatic rings. The Hall–Kier alpha value is -2.66. The molecule has 0 radical (unpaired) electrons. The number of anilines is 2. The zero-order valence-corrected chi connectivity index (χ0v) is 20.5. The molecule has 10 heteroatoms. The molecule has 0 bridgehead atoms. The van der Waals surface area contributed by atoms with E-state index in [-0.39, 0.29) is 24.5 Å². The van der Waals surface area contributed by atoms with Crippen LogP contribution in [0.2, 0.25) is 0 Å². The molecule has 0 amide bonds. The van der Waals surface area contributed by atoms with Gasteiger partial charge in [-0.25, -0.2) is 4.79 Å². The van der Waals surface area contributed by atoms with E-state index >= 15 is 0 Å². The molecule has 200 valence electrons. The van der Waals surface area contributed by atoms with Crippen molar-refractivity contribution in [1.82, 2.24) is 0 Å². The van der Waals surface area contributed by atoms with Crippen molar-refractivity contribution < 1.29 is 41.7 Å². The second kappa shape index (κ2) is 16.9. The van der Waals surface area contributed by atoms with Crippen LogP contribution in [0, 0.1) is 0 Å². The average molecular weight is 514 g/mol. The van der Waals surface area contributed by atoms with Crippen LogP contribution in [-0.4, -0.2) is 65.4 Å². The van der Waals surface area contributed by atoms with Gasteiger partial charge in [0.25, 0.3) is 0 Å². The number of benzene rings is 2. The molecule has 0 aliphatic rings. The van der Waals surface area contributed by atoms with Gasteiger partial charge in [-0.1, -0.05) is 31.5 Å². The van der Waals surface area contributed by atoms with E-state index in [1.807, 2.05) is 0 Å². The number of hydrogen-bond donors (Lipinski definition) is 1. The highest BCUT2D eigenvalue weighted by atomic mass is 19.4. The Morgan fingerprint density at radius 3 is 1.97 bits per heavy atom. The molecule has 0 unspecified atom stereocenters. The lowest BCUT2D eigenvalue weighted by atomic mass is 10.1. The molecule has 1 N–H and O–H groups in total. The first-order valence-corrected chi connectivity index (χ1v) is 11.9. The van der Waals surface area contributed by atoms with Crippen molar-refractivity contribution in [3.63, 3.8) is 0 Å². The van der Waals surface area contributed by atoms with Crippen molar-refractivity contribution in [2.45, 2.75) is 25.9 Å². The van der Waals surface area contributed by atoms with Gasteiger partial charge in [0.1, 0.15) is 6.61 Å². The maximum Gasteiger partial charge on any atom is 0.416 e. The van der Waals surface area contributed by atoms with Gasteiger partial charge < -0.3 is 29.0 Å². The van der Waals surface area contributed by atoms with Gasteiger partial charge in [-0.2, -0.15) is 13.2 Å². The van der Waals surface area contributed by atoms with Gasteiger partial charge in [-0.15, -0.1) is 0 Å². The summed E-state index contributed by atoms with van der Waals surface area (Å²) >= 11 is 0. The van der Waals surface area contributed by atoms with Gasteiger partial charge in [-0.3, -0.25) is 0 Å². The minimum Gasteiger partial charge on any atom is -0.460 e. The summed E-state index contributed by atoms with van der Waals surface area (Å²) in [6.45, 7) is 5.84. The van der Waals surface area contributed by atoms with Gasteiger partial charge in [0.05, 0.1) is 63.1 Å². The SMILES string of the molecule is CCCCOCCOCCOCCOCCOC(=O)c1ccccc1Nc1cccc(C(F)(F)F)c1. The number of nitrogens with one attached hydrogen (secondary N) is 1. The third-order valence-corrected chi connectivity index (χ3v) is 4.83. The van der Waals surface area contributed by atoms with E-state index in [9.17, 15) is 18.0 Å². The lowest BCUT2D eigenvalue weighted by Crippen LogP contribution is -2.15. The maximum atomic E-state index is 13.0. The molecule has 0 saturated heterocycles. The third-order valence-electron chi connectivity index (χ3n) is 4.83. The second-order valence-corrected chi connectivity index (χ2v) is 7.69. The van der Waals surface area contributed by atoms with E-state index in [1.165, 1.54) is 18.2 Å². The Balaban J connectivity index is 1.61. The number of para-hydroxylation sites is 1. The van der Waals surface area contributed by atoms with Crippen molar-refractivity contribution in [2.24, 2.45) is 0 Å². The van der Waals surface area contributed by atoms with Crippen molar-refractivity contribution in [3.05, 3.63) is 59.7 Å². The highest BCUT2D eigenvalue weighted by molar-refractivity contribution is 5.96. The predicted octanol–water partition coefficient (Wildman–Crippen LogP) is 5.47. The molecule has 0 fully saturated rings. The summed E-state index contributed by atoms with van der Waals surface area (Å²) in [7, 11) is 0. The molecular weight excluding hydrogens is 479 g/mol. The summed E-state index contributed by atoms with van der Waals surface area (Å²) in [5.74, 6) is -0.610. The number of halogens is 3. The summed E-state index contributed by atoms with van der Waals surface area (Å²) in [6, 6.07) is 11.2. The fourth-order valence-corrected chi connectivity index (χ4v) is 2.98. The van der Waals surface area contributed by atoms with Crippen LogP contribution in [0.3, 0.4) is 0 Å². The lowest BCUT2D eigenvalue weighted by molar-refractivity contribution is -0.137. The number of alkyl halides is 3. The number of carbonyl (C=O) groups is 1. The van der Waals surface area contributed by atoms with Crippen LogP contribution >= 0.6 is 0 Å². The first-order valence-electron chi connectivity index (χ1n) is 11.9. The fourth-order valence-electron chi connectivity index (χ4n) is 2.98. The standard InChI is InChI=1S/C26H34F3NO6/c1-2-3-11-32-12-13-33-14-15-34-16-17-35-18-19-36-25(31)23-9-4-5-10-24(23)30-22-8-6-7-21(20-22)26(27,28)29/h4-10,20,30H,2-3,11-19H2,1H3. The highest BCUT2D eigenvalue weighted by Gasteiger charge is 2.30. The zero-order valence-electron chi connectivity index (χ0n) is 20.5. The molecule has 0 saturated carbocycles. The van der Waals surface area contributed by atoms with Crippen LogP contribution in [0.4, 0.5) is 24.5 Å². The summed E-state index contributed by atoms with van der Waals surface area (Å²) in [5.41, 5.74) is -0.0346. The van der Waals surface area contributed by atoms with Crippen LogP contribution < -0.4 is 5.32 Å². The van der Waals surface area contributed by atoms with Crippen LogP contribution in [0.5, 0.6) is 0 Å². The molecular formula is C26H34F3NO6. The third kappa shape index (κ3) is 11.9. The van der Waals surface area contributed by atoms with E-state index in [1.54, 1.807) is 18.2 Å². The van der Waals surface area contributed by atoms with Gasteiger partial charge in [0, 0.05) is 12.3 Å². The average Bonchev–Trinajstić information content (AvgIpc) is 2.86. The van der Waals surface area contributed by atoms with Gasteiger partial charge in [0.2, 0.25) is 0 Å². The van der Waals surface area contributed by atoms with Crippen molar-refractivity contribution in [2.75, 3.05) is 64.8 Å². The monoisotopic (exact) mass is 513 g/mol. The summed E-state index contributed by atoms with van der Waals surface area (Å²) in [5, 5.41) is 2.85. The number of carbonyl (C=O) groups excluding carboxylic acids is 1. The van der Waals surface area contributed by atoms with E-state index in [0.717, 1.165) is 31.6 Å². The van der Waals surface area contributed by atoms with Gasteiger partial charge in [-0.05, 0) is 36.8 Å². The Labute approximate surface area is 209 Å². The first kappa shape index (κ1) is 29.6. The van der Waals surface area contributed by atoms with E-state index in [2.05, 4.69) is 12.2 Å². The Morgan fingerprint density at radius 1 is 0.778 bits per heavy atom. The molecule has 7 nitrogen and oxygen atoms in total.